The molecule has 4 heterocycles. The largest absolute Gasteiger partial charge is 0.496 e. The predicted octanol–water partition coefficient (Wildman–Crippen LogP) is 8.95. The van der Waals surface area contributed by atoms with Crippen molar-refractivity contribution in [2.24, 2.45) is 0 Å². The molecular weight excluding hydrogens is 915 g/mol. The summed E-state index contributed by atoms with van der Waals surface area (Å²) >= 11 is 13.0. The van der Waals surface area contributed by atoms with Crippen LogP contribution < -0.4 is 14.8 Å². The summed E-state index contributed by atoms with van der Waals surface area (Å²) in [6, 6.07) is 15.6. The third-order valence-electron chi connectivity index (χ3n) is 11.7. The molecule has 2 fully saturated rings. The molecule has 0 atom stereocenters. The molecule has 0 unspecified atom stereocenters. The van der Waals surface area contributed by atoms with E-state index in [1.807, 2.05) is 26.0 Å². The number of benzene rings is 3. The number of hydrogen-bond donors (Lipinski definition) is 1. The molecule has 3 aliphatic heterocycles. The summed E-state index contributed by atoms with van der Waals surface area (Å²) in [6.45, 7) is 16.2. The van der Waals surface area contributed by atoms with Crippen LogP contribution in [0, 0.1) is 0 Å². The smallest absolute Gasteiger partial charge is 0.410 e. The summed E-state index contributed by atoms with van der Waals surface area (Å²) < 4.78 is 30.7. The molecule has 0 radical (unpaired) electrons. The van der Waals surface area contributed by atoms with Gasteiger partial charge in [-0.2, -0.15) is 5.10 Å². The number of fused-ring (bicyclic) bond motifs is 3. The molecule has 68 heavy (non-hydrogen) atoms. The number of anilines is 1. The fourth-order valence-corrected chi connectivity index (χ4v) is 9.14. The van der Waals surface area contributed by atoms with Gasteiger partial charge in [0.15, 0.2) is 5.69 Å². The first kappa shape index (κ1) is 50.0. The fraction of sp³-hybridized carbons (Fsp3) is 0.480. The van der Waals surface area contributed by atoms with Gasteiger partial charge >= 0.3 is 12.1 Å². The lowest BCUT2D eigenvalue weighted by atomic mass is 9.95. The van der Waals surface area contributed by atoms with Crippen molar-refractivity contribution >= 4 is 58.7 Å². The highest BCUT2D eigenvalue weighted by Gasteiger charge is 2.40. The van der Waals surface area contributed by atoms with E-state index in [1.54, 1.807) is 106 Å². The second kappa shape index (κ2) is 20.0. The Balaban J connectivity index is 1.12. The van der Waals surface area contributed by atoms with Crippen molar-refractivity contribution in [1.29, 1.82) is 0 Å². The van der Waals surface area contributed by atoms with Gasteiger partial charge in [0.1, 0.15) is 35.9 Å². The normalized spacial score (nSPS) is 15.9. The van der Waals surface area contributed by atoms with Crippen LogP contribution in [0.1, 0.15) is 97.1 Å². The molecule has 3 aromatic carbocycles. The number of carbonyl (C=O) groups is 5. The van der Waals surface area contributed by atoms with Gasteiger partial charge in [0.2, 0.25) is 11.8 Å². The maximum atomic E-state index is 14.4. The molecule has 0 saturated carbocycles. The van der Waals surface area contributed by atoms with Crippen LogP contribution in [-0.4, -0.2) is 124 Å². The number of rotatable bonds is 11. The summed E-state index contributed by atoms with van der Waals surface area (Å²) in [5.41, 5.74) is 2.42. The quantitative estimate of drug-likeness (QED) is 0.142. The second-order valence-corrected chi connectivity index (χ2v) is 20.7. The molecule has 18 heteroatoms. The number of amides is 4. The van der Waals surface area contributed by atoms with Crippen LogP contribution in [0.15, 0.2) is 54.6 Å². The predicted molar refractivity (Wildman–Crippen MR) is 258 cm³/mol. The minimum absolute atomic E-state index is 0.0567. The van der Waals surface area contributed by atoms with Gasteiger partial charge in [-0.1, -0.05) is 35.3 Å². The van der Waals surface area contributed by atoms with E-state index >= 15 is 0 Å². The van der Waals surface area contributed by atoms with Crippen molar-refractivity contribution in [3.63, 3.8) is 0 Å². The number of methoxy groups -OCH3 is 1. The van der Waals surface area contributed by atoms with Crippen molar-refractivity contribution in [2.45, 2.75) is 110 Å². The number of esters is 1. The van der Waals surface area contributed by atoms with Crippen molar-refractivity contribution in [3.8, 4) is 39.6 Å². The molecule has 4 amide bonds. The standard InChI is InChI=1S/C50H60Cl2N6O10/c1-48(2,3)67-43(61)27-56(34-15-17-55(18-16-34)47(63)68-49(4,5)6)42(60)14-13-41(59)53-33-12-10-11-30(21-33)36-25-37-40(26-39(36)64-9)66-28-38-44(46(62)57-19-20-65-29-50(57,7)8)54-58(45(37)38)35-23-31(51)22-32(52)24-35/h10-12,21-26,34H,13-20,27-29H2,1-9H3,(H,53,59). The van der Waals surface area contributed by atoms with E-state index < -0.39 is 34.7 Å². The Bertz CT molecular complexity index is 2570. The Labute approximate surface area is 407 Å². The minimum Gasteiger partial charge on any atom is -0.496 e. The number of carbonyl (C=O) groups excluding carboxylic acids is 5. The number of ether oxygens (including phenoxy) is 5. The summed E-state index contributed by atoms with van der Waals surface area (Å²) in [5.74, 6) is -0.621. The van der Waals surface area contributed by atoms with Crippen LogP contribution in [0.25, 0.3) is 28.1 Å². The number of nitrogens with one attached hydrogen (secondary N) is 1. The molecule has 4 aromatic rings. The van der Waals surface area contributed by atoms with E-state index in [-0.39, 0.29) is 49.5 Å². The average molecular weight is 976 g/mol. The van der Waals surface area contributed by atoms with Gasteiger partial charge in [-0.3, -0.25) is 19.2 Å². The lowest BCUT2D eigenvalue weighted by Gasteiger charge is -2.41. The van der Waals surface area contributed by atoms with Gasteiger partial charge in [-0.15, -0.1) is 0 Å². The van der Waals surface area contributed by atoms with Crippen LogP contribution in [0.5, 0.6) is 11.5 Å². The number of aromatic nitrogens is 2. The zero-order valence-electron chi connectivity index (χ0n) is 40.1. The summed E-state index contributed by atoms with van der Waals surface area (Å²) in [5, 5.41) is 8.64. The molecule has 364 valence electrons. The van der Waals surface area contributed by atoms with E-state index in [1.165, 1.54) is 4.90 Å². The lowest BCUT2D eigenvalue weighted by molar-refractivity contribution is -0.160. The van der Waals surface area contributed by atoms with Crippen LogP contribution >= 0.6 is 23.2 Å². The maximum absolute atomic E-state index is 14.4. The first-order valence-electron chi connectivity index (χ1n) is 22.7. The number of likely N-dealkylation sites (tertiary alicyclic amines) is 1. The van der Waals surface area contributed by atoms with Gasteiger partial charge < -0.3 is 43.7 Å². The third-order valence-corrected chi connectivity index (χ3v) is 12.2. The van der Waals surface area contributed by atoms with Crippen molar-refractivity contribution < 1.29 is 47.7 Å². The number of halogens is 2. The molecule has 7 rings (SSSR count). The highest BCUT2D eigenvalue weighted by Crippen LogP contribution is 2.47. The molecule has 16 nitrogen and oxygen atoms in total. The number of hydrogen-bond acceptors (Lipinski definition) is 11. The topological polar surface area (TPSA) is 171 Å². The van der Waals surface area contributed by atoms with E-state index in [0.717, 1.165) is 0 Å². The Hall–Kier alpha value is -5.84. The summed E-state index contributed by atoms with van der Waals surface area (Å²) in [4.78, 5) is 72.5. The second-order valence-electron chi connectivity index (χ2n) is 19.8. The van der Waals surface area contributed by atoms with Crippen LogP contribution in [-0.2, 0) is 35.2 Å². The van der Waals surface area contributed by atoms with Crippen molar-refractivity contribution in [1.82, 2.24) is 24.5 Å². The van der Waals surface area contributed by atoms with E-state index in [4.69, 9.17) is 52.0 Å². The van der Waals surface area contributed by atoms with Crippen LogP contribution in [0.2, 0.25) is 10.0 Å². The first-order chi connectivity index (χ1) is 32.0. The Morgan fingerprint density at radius 1 is 0.882 bits per heavy atom. The Morgan fingerprint density at radius 3 is 2.22 bits per heavy atom. The monoisotopic (exact) mass is 974 g/mol. The van der Waals surface area contributed by atoms with Gasteiger partial charge in [0, 0.05) is 77.0 Å². The zero-order chi connectivity index (χ0) is 49.3. The number of piperidine rings is 1. The fourth-order valence-electron chi connectivity index (χ4n) is 8.63. The molecule has 0 spiro atoms. The molecule has 1 N–H and O–H groups in total. The highest BCUT2D eigenvalue weighted by atomic mass is 35.5. The molecule has 1 aromatic heterocycles. The number of morpholine rings is 1. The van der Waals surface area contributed by atoms with E-state index in [9.17, 15) is 24.0 Å². The van der Waals surface area contributed by atoms with Gasteiger partial charge in [-0.25, -0.2) is 9.48 Å². The van der Waals surface area contributed by atoms with Gasteiger partial charge in [0.25, 0.3) is 5.91 Å². The maximum Gasteiger partial charge on any atom is 0.410 e. The van der Waals surface area contributed by atoms with E-state index in [0.29, 0.717) is 107 Å². The minimum atomic E-state index is -0.765. The molecular formula is C50H60Cl2N6O10. The molecule has 0 aliphatic carbocycles. The lowest BCUT2D eigenvalue weighted by Crippen LogP contribution is -2.55. The average Bonchev–Trinajstić information content (AvgIpc) is 3.66. The SMILES string of the molecule is COc1cc2c(cc1-c1cccc(NC(=O)CCC(=O)N(CC(=O)OC(C)(C)C)C3CCN(C(=O)OC(C)(C)C)CC3)c1)-c1c(c(C(=O)N3CCOCC3(C)C)nn1-c1cc(Cl)cc(Cl)c1)CO2. The first-order valence-corrected chi connectivity index (χ1v) is 23.5. The Kier molecular flexibility index (Phi) is 14.7. The molecule has 2 saturated heterocycles. The molecule has 0 bridgehead atoms. The van der Waals surface area contributed by atoms with Crippen molar-refractivity contribution in [2.75, 3.05) is 51.8 Å². The third kappa shape index (κ3) is 11.7. The van der Waals surface area contributed by atoms with Crippen LogP contribution in [0.4, 0.5) is 10.5 Å². The van der Waals surface area contributed by atoms with Gasteiger partial charge in [-0.05, 0) is 110 Å². The number of nitrogens with zero attached hydrogens (tertiary/aromatic N) is 5. The van der Waals surface area contributed by atoms with Gasteiger partial charge in [0.05, 0.1) is 37.2 Å². The van der Waals surface area contributed by atoms with Crippen molar-refractivity contribution in [3.05, 3.63) is 75.9 Å². The zero-order valence-corrected chi connectivity index (χ0v) is 41.6. The Morgan fingerprint density at radius 2 is 1.57 bits per heavy atom. The van der Waals surface area contributed by atoms with Crippen LogP contribution in [0.3, 0.4) is 0 Å². The summed E-state index contributed by atoms with van der Waals surface area (Å²) in [7, 11) is 1.55. The molecule has 3 aliphatic rings. The van der Waals surface area contributed by atoms with E-state index in [2.05, 4.69) is 5.32 Å². The summed E-state index contributed by atoms with van der Waals surface area (Å²) in [6.07, 6.45) is 0.0942. The highest BCUT2D eigenvalue weighted by molar-refractivity contribution is 6.34.